The molecule has 0 saturated heterocycles. The first-order valence-electron chi connectivity index (χ1n) is 13.7. The maximum Gasteiger partial charge on any atom is 0.0485 e. The molecule has 0 aliphatic carbocycles. The molecule has 0 N–H and O–H groups in total. The molecule has 0 spiro atoms. The third-order valence-corrected chi connectivity index (χ3v) is 7.12. The summed E-state index contributed by atoms with van der Waals surface area (Å²) in [6.45, 7) is 4.30. The predicted molar refractivity (Wildman–Crippen MR) is 171 cm³/mol. The number of anilines is 6. The topological polar surface area (TPSA) is 6.48 Å². The van der Waals surface area contributed by atoms with Gasteiger partial charge in [0.1, 0.15) is 0 Å². The molecular weight excluding hydrogens is 484 g/mol. The molecule has 0 fully saturated rings. The minimum atomic E-state index is 1.11. The molecular formula is C38H32N2. The van der Waals surface area contributed by atoms with Gasteiger partial charge in [-0.2, -0.15) is 0 Å². The first kappa shape index (κ1) is 25.2. The first-order chi connectivity index (χ1) is 19.7. The van der Waals surface area contributed by atoms with Crippen LogP contribution in [0.5, 0.6) is 0 Å². The lowest BCUT2D eigenvalue weighted by Gasteiger charge is -2.30. The van der Waals surface area contributed by atoms with Crippen molar-refractivity contribution in [3.63, 3.8) is 0 Å². The van der Waals surface area contributed by atoms with Gasteiger partial charge in [0.25, 0.3) is 0 Å². The van der Waals surface area contributed by atoms with E-state index in [4.69, 9.17) is 0 Å². The fourth-order valence-electron chi connectivity index (χ4n) is 5.18. The molecule has 0 bridgehead atoms. The van der Waals surface area contributed by atoms with Gasteiger partial charge in [0.2, 0.25) is 0 Å². The zero-order chi connectivity index (χ0) is 27.3. The number of para-hydroxylation sites is 2. The van der Waals surface area contributed by atoms with Crippen LogP contribution in [0.1, 0.15) is 11.1 Å². The van der Waals surface area contributed by atoms with Crippen molar-refractivity contribution in [2.45, 2.75) is 13.8 Å². The second kappa shape index (κ2) is 11.3. The molecule has 6 aromatic carbocycles. The molecule has 0 amide bonds. The predicted octanol–water partition coefficient (Wildman–Crippen LogP) is 10.9. The van der Waals surface area contributed by atoms with E-state index in [9.17, 15) is 0 Å². The maximum atomic E-state index is 2.34. The number of rotatable bonds is 7. The lowest BCUT2D eigenvalue weighted by atomic mass is 10.0. The van der Waals surface area contributed by atoms with E-state index in [1.807, 2.05) is 0 Å². The number of hydrogen-bond acceptors (Lipinski definition) is 2. The summed E-state index contributed by atoms with van der Waals surface area (Å²) < 4.78 is 0. The molecule has 194 valence electrons. The van der Waals surface area contributed by atoms with Crippen molar-refractivity contribution in [1.29, 1.82) is 0 Å². The molecule has 0 saturated carbocycles. The normalized spacial score (nSPS) is 10.8. The minimum absolute atomic E-state index is 1.11. The van der Waals surface area contributed by atoms with Crippen LogP contribution in [-0.2, 0) is 0 Å². The molecule has 0 radical (unpaired) electrons. The summed E-state index contributed by atoms with van der Waals surface area (Å²) >= 11 is 0. The Labute approximate surface area is 237 Å². The lowest BCUT2D eigenvalue weighted by molar-refractivity contribution is 1.23. The Morgan fingerprint density at radius 3 is 1.15 bits per heavy atom. The summed E-state index contributed by atoms with van der Waals surface area (Å²) in [6, 6.07) is 56.1. The second-order valence-corrected chi connectivity index (χ2v) is 10.1. The van der Waals surface area contributed by atoms with E-state index in [0.29, 0.717) is 0 Å². The summed E-state index contributed by atoms with van der Waals surface area (Å²) in [5.41, 5.74) is 11.6. The van der Waals surface area contributed by atoms with Crippen molar-refractivity contribution in [3.8, 4) is 11.1 Å². The molecule has 2 heteroatoms. The SMILES string of the molecule is Cc1ccc(N(c2ccccc2)c2cc(C)cc(N(c3ccccc3)c3ccc(-c4ccccc4)cc3)c2)cc1. The smallest absolute Gasteiger partial charge is 0.0485 e. The summed E-state index contributed by atoms with van der Waals surface area (Å²) in [5.74, 6) is 0. The Kier molecular flexibility index (Phi) is 7.15. The average Bonchev–Trinajstić information content (AvgIpc) is 3.00. The largest absolute Gasteiger partial charge is 0.310 e. The maximum absolute atomic E-state index is 2.34. The molecule has 40 heavy (non-hydrogen) atoms. The van der Waals surface area contributed by atoms with Gasteiger partial charge in [0.15, 0.2) is 0 Å². The van der Waals surface area contributed by atoms with Gasteiger partial charge < -0.3 is 9.80 Å². The van der Waals surface area contributed by atoms with Gasteiger partial charge in [-0.25, -0.2) is 0 Å². The van der Waals surface area contributed by atoms with E-state index in [1.165, 1.54) is 22.3 Å². The van der Waals surface area contributed by atoms with Crippen LogP contribution in [0.15, 0.2) is 158 Å². The third kappa shape index (κ3) is 5.39. The van der Waals surface area contributed by atoms with Gasteiger partial charge in [-0.15, -0.1) is 0 Å². The van der Waals surface area contributed by atoms with Crippen molar-refractivity contribution >= 4 is 34.1 Å². The molecule has 0 atom stereocenters. The summed E-state index contributed by atoms with van der Waals surface area (Å²) in [7, 11) is 0. The Morgan fingerprint density at radius 2 is 0.675 bits per heavy atom. The standard InChI is InChI=1S/C38H32N2/c1-29-18-22-35(23-19-29)39(33-14-8-4-9-15-33)37-26-30(2)27-38(28-37)40(34-16-10-5-11-17-34)36-24-20-32(21-25-36)31-12-6-3-7-13-31/h3-28H,1-2H3. The van der Waals surface area contributed by atoms with Crippen molar-refractivity contribution < 1.29 is 0 Å². The summed E-state index contributed by atoms with van der Waals surface area (Å²) in [4.78, 5) is 4.67. The molecule has 6 rings (SSSR count). The van der Waals surface area contributed by atoms with Crippen molar-refractivity contribution in [3.05, 3.63) is 169 Å². The monoisotopic (exact) mass is 516 g/mol. The van der Waals surface area contributed by atoms with Crippen molar-refractivity contribution in [2.24, 2.45) is 0 Å². The van der Waals surface area contributed by atoms with Gasteiger partial charge >= 0.3 is 0 Å². The van der Waals surface area contributed by atoms with Crippen LogP contribution in [0.2, 0.25) is 0 Å². The zero-order valence-electron chi connectivity index (χ0n) is 22.9. The molecule has 0 aliphatic heterocycles. The second-order valence-electron chi connectivity index (χ2n) is 10.1. The van der Waals surface area contributed by atoms with Gasteiger partial charge in [-0.1, -0.05) is 96.6 Å². The fraction of sp³-hybridized carbons (Fsp3) is 0.0526. The van der Waals surface area contributed by atoms with Crippen LogP contribution in [0.4, 0.5) is 34.1 Å². The van der Waals surface area contributed by atoms with Gasteiger partial charge in [-0.3, -0.25) is 0 Å². The number of hydrogen-bond donors (Lipinski definition) is 0. The highest BCUT2D eigenvalue weighted by molar-refractivity contribution is 5.84. The Hall–Kier alpha value is -5.08. The molecule has 0 aromatic heterocycles. The Morgan fingerprint density at radius 1 is 0.300 bits per heavy atom. The number of benzene rings is 6. The number of aryl methyl sites for hydroxylation is 2. The van der Waals surface area contributed by atoms with Crippen LogP contribution in [0, 0.1) is 13.8 Å². The van der Waals surface area contributed by atoms with E-state index in [-0.39, 0.29) is 0 Å². The zero-order valence-corrected chi connectivity index (χ0v) is 22.9. The molecule has 0 aliphatic rings. The van der Waals surface area contributed by atoms with E-state index in [2.05, 4.69) is 181 Å². The minimum Gasteiger partial charge on any atom is -0.310 e. The fourth-order valence-corrected chi connectivity index (χ4v) is 5.18. The Balaban J connectivity index is 1.48. The van der Waals surface area contributed by atoms with E-state index < -0.39 is 0 Å². The summed E-state index contributed by atoms with van der Waals surface area (Å²) in [6.07, 6.45) is 0. The molecule has 0 unspecified atom stereocenters. The summed E-state index contributed by atoms with van der Waals surface area (Å²) in [5, 5.41) is 0. The van der Waals surface area contributed by atoms with Crippen molar-refractivity contribution in [1.82, 2.24) is 0 Å². The van der Waals surface area contributed by atoms with Crippen LogP contribution >= 0.6 is 0 Å². The quantitative estimate of drug-likeness (QED) is 0.208. The highest BCUT2D eigenvalue weighted by atomic mass is 15.2. The van der Waals surface area contributed by atoms with Crippen LogP contribution in [0.3, 0.4) is 0 Å². The molecule has 0 heterocycles. The third-order valence-electron chi connectivity index (χ3n) is 7.12. The average molecular weight is 517 g/mol. The Bertz CT molecular complexity index is 1680. The van der Waals surface area contributed by atoms with E-state index in [1.54, 1.807) is 0 Å². The van der Waals surface area contributed by atoms with E-state index in [0.717, 1.165) is 34.1 Å². The van der Waals surface area contributed by atoms with Gasteiger partial charge in [0, 0.05) is 34.1 Å². The van der Waals surface area contributed by atoms with Gasteiger partial charge in [-0.05, 0) is 97.3 Å². The first-order valence-corrected chi connectivity index (χ1v) is 13.7. The highest BCUT2D eigenvalue weighted by Crippen LogP contribution is 2.41. The van der Waals surface area contributed by atoms with Gasteiger partial charge in [0.05, 0.1) is 0 Å². The van der Waals surface area contributed by atoms with Crippen LogP contribution in [0.25, 0.3) is 11.1 Å². The number of nitrogens with zero attached hydrogens (tertiary/aromatic N) is 2. The lowest BCUT2D eigenvalue weighted by Crippen LogP contribution is -2.13. The van der Waals surface area contributed by atoms with Crippen LogP contribution in [-0.4, -0.2) is 0 Å². The van der Waals surface area contributed by atoms with E-state index >= 15 is 0 Å². The van der Waals surface area contributed by atoms with Crippen LogP contribution < -0.4 is 9.80 Å². The molecule has 6 aromatic rings. The van der Waals surface area contributed by atoms with Crippen molar-refractivity contribution in [2.75, 3.05) is 9.80 Å². The molecule has 2 nitrogen and oxygen atoms in total. The highest BCUT2D eigenvalue weighted by Gasteiger charge is 2.18.